The minimum absolute atomic E-state index is 0.631. The lowest BCUT2D eigenvalue weighted by Gasteiger charge is -2.35. The van der Waals surface area contributed by atoms with Crippen LogP contribution >= 0.6 is 0 Å². The molecule has 0 heterocycles. The van der Waals surface area contributed by atoms with E-state index in [1.165, 1.54) is 136 Å². The molecular weight excluding hydrogens is 488 g/mol. The summed E-state index contributed by atoms with van der Waals surface area (Å²) in [7, 11) is 0. The molecule has 2 N–H and O–H groups in total. The van der Waals surface area contributed by atoms with Crippen molar-refractivity contribution in [3.05, 3.63) is 0 Å². The Hall–Kier alpha value is -0.160. The van der Waals surface area contributed by atoms with Gasteiger partial charge in [-0.15, -0.1) is 0 Å². The Balaban J connectivity index is 4.19. The predicted octanol–water partition coefficient (Wildman–Crippen LogP) is 9.14. The number of hydrogen-bond donors (Lipinski definition) is 2. The summed E-state index contributed by atoms with van der Waals surface area (Å²) in [4.78, 5) is 5.62. The normalized spacial score (nSPS) is 16.0. The third-order valence-corrected chi connectivity index (χ3v) is 9.39. The molecule has 242 valence electrons. The van der Waals surface area contributed by atoms with Crippen LogP contribution < -0.4 is 10.6 Å². The Bertz CT molecular complexity index is 497. The van der Waals surface area contributed by atoms with E-state index in [9.17, 15) is 0 Å². The maximum Gasteiger partial charge on any atom is 0.0119 e. The molecule has 0 amide bonds. The van der Waals surface area contributed by atoms with Crippen LogP contribution in [0.3, 0.4) is 0 Å². The number of nitrogens with zero attached hydrogens (tertiary/aromatic N) is 2. The molecule has 0 fully saturated rings. The Morgan fingerprint density at radius 1 is 0.475 bits per heavy atom. The van der Waals surface area contributed by atoms with Crippen molar-refractivity contribution in [1.29, 1.82) is 0 Å². The van der Waals surface area contributed by atoms with Gasteiger partial charge in [0.1, 0.15) is 0 Å². The highest BCUT2D eigenvalue weighted by atomic mass is 15.2. The fourth-order valence-electron chi connectivity index (χ4n) is 6.57. The lowest BCUT2D eigenvalue weighted by atomic mass is 9.93. The fraction of sp³-hybridized carbons (Fsp3) is 1.00. The number of unbranched alkanes of at least 4 members (excludes halogenated alkanes) is 5. The van der Waals surface area contributed by atoms with E-state index < -0.39 is 0 Å². The van der Waals surface area contributed by atoms with Gasteiger partial charge in [-0.05, 0) is 129 Å². The van der Waals surface area contributed by atoms with Crippen molar-refractivity contribution in [3.63, 3.8) is 0 Å². The minimum Gasteiger partial charge on any atom is -0.317 e. The molecular formula is C36H78N4. The minimum atomic E-state index is 0.631. The van der Waals surface area contributed by atoms with E-state index in [0.29, 0.717) is 6.04 Å². The van der Waals surface area contributed by atoms with E-state index in [4.69, 9.17) is 0 Å². The van der Waals surface area contributed by atoms with Crippen molar-refractivity contribution < 1.29 is 0 Å². The molecule has 0 rings (SSSR count). The second-order valence-electron chi connectivity index (χ2n) is 13.1. The van der Waals surface area contributed by atoms with Gasteiger partial charge in [0, 0.05) is 18.1 Å². The maximum atomic E-state index is 3.85. The zero-order chi connectivity index (χ0) is 30.0. The van der Waals surface area contributed by atoms with Gasteiger partial charge in [-0.2, -0.15) is 0 Å². The average Bonchev–Trinajstić information content (AvgIpc) is 2.95. The maximum absolute atomic E-state index is 3.85. The van der Waals surface area contributed by atoms with Crippen LogP contribution in [0.15, 0.2) is 0 Å². The van der Waals surface area contributed by atoms with Crippen LogP contribution in [0.1, 0.15) is 159 Å². The zero-order valence-electron chi connectivity index (χ0n) is 29.3. The second-order valence-corrected chi connectivity index (χ2v) is 13.1. The van der Waals surface area contributed by atoms with Crippen LogP contribution in [0, 0.1) is 11.8 Å². The van der Waals surface area contributed by atoms with Crippen LogP contribution in [0.2, 0.25) is 0 Å². The zero-order valence-corrected chi connectivity index (χ0v) is 29.3. The summed E-state index contributed by atoms with van der Waals surface area (Å²) in [5.74, 6) is 1.54. The predicted molar refractivity (Wildman–Crippen MR) is 183 cm³/mol. The third-order valence-electron chi connectivity index (χ3n) is 9.39. The van der Waals surface area contributed by atoms with E-state index in [1.807, 2.05) is 0 Å². The second kappa shape index (κ2) is 27.7. The molecule has 5 unspecified atom stereocenters. The molecule has 0 aliphatic carbocycles. The lowest BCUT2D eigenvalue weighted by molar-refractivity contribution is 0.133. The summed E-state index contributed by atoms with van der Waals surface area (Å²) in [6.07, 6.45) is 19.7. The number of rotatable bonds is 30. The molecule has 0 aromatic rings. The van der Waals surface area contributed by atoms with Crippen molar-refractivity contribution in [3.8, 4) is 0 Å². The summed E-state index contributed by atoms with van der Waals surface area (Å²) in [6, 6.07) is 2.12. The summed E-state index contributed by atoms with van der Waals surface area (Å²) in [6.45, 7) is 30.1. The monoisotopic (exact) mass is 567 g/mol. The van der Waals surface area contributed by atoms with Gasteiger partial charge in [0.25, 0.3) is 0 Å². The van der Waals surface area contributed by atoms with Crippen molar-refractivity contribution in [2.75, 3.05) is 45.8 Å². The van der Waals surface area contributed by atoms with Gasteiger partial charge in [-0.1, -0.05) is 87.5 Å². The first-order chi connectivity index (χ1) is 19.4. The van der Waals surface area contributed by atoms with Gasteiger partial charge < -0.3 is 20.4 Å². The van der Waals surface area contributed by atoms with E-state index >= 15 is 0 Å². The Kier molecular flexibility index (Phi) is 27.5. The molecule has 0 saturated carbocycles. The van der Waals surface area contributed by atoms with Crippen molar-refractivity contribution in [2.24, 2.45) is 11.8 Å². The molecule has 0 spiro atoms. The highest BCUT2D eigenvalue weighted by Crippen LogP contribution is 2.21. The van der Waals surface area contributed by atoms with E-state index in [2.05, 4.69) is 82.7 Å². The Labute approximate surface area is 254 Å². The molecule has 5 atom stereocenters. The summed E-state index contributed by atoms with van der Waals surface area (Å²) in [5, 5.41) is 7.62. The third kappa shape index (κ3) is 19.1. The van der Waals surface area contributed by atoms with Crippen LogP contribution in [0.4, 0.5) is 0 Å². The van der Waals surface area contributed by atoms with Gasteiger partial charge in [0.2, 0.25) is 0 Å². The summed E-state index contributed by atoms with van der Waals surface area (Å²) >= 11 is 0. The molecule has 0 bridgehead atoms. The molecule has 0 aliphatic heterocycles. The molecule has 0 aliphatic rings. The lowest BCUT2D eigenvalue weighted by Crippen LogP contribution is -2.42. The molecule has 0 aromatic heterocycles. The Morgan fingerprint density at radius 2 is 0.900 bits per heavy atom. The van der Waals surface area contributed by atoms with Crippen molar-refractivity contribution in [2.45, 2.75) is 177 Å². The summed E-state index contributed by atoms with van der Waals surface area (Å²) < 4.78 is 0. The SMILES string of the molecule is CCCCN(CCCC)C(CC)C(C)CCNCCCCC(C)NCCC(C)C(CC)N(CCCC)CCCC. The van der Waals surface area contributed by atoms with E-state index in [1.54, 1.807) is 0 Å². The topological polar surface area (TPSA) is 30.5 Å². The van der Waals surface area contributed by atoms with Crippen LogP contribution in [0.25, 0.3) is 0 Å². The molecule has 0 saturated heterocycles. The van der Waals surface area contributed by atoms with Crippen LogP contribution in [0.5, 0.6) is 0 Å². The van der Waals surface area contributed by atoms with Gasteiger partial charge in [0.05, 0.1) is 0 Å². The standard InChI is InChI=1S/C36H78N4/c1-10-16-28-39(29-17-11-2)35(14-5)32(7)23-26-37-25-21-20-22-34(9)38-27-24-33(8)36(15-6)40(30-18-12-3)31-19-13-4/h32-38H,10-31H2,1-9H3. The first kappa shape index (κ1) is 39.8. The first-order valence-electron chi connectivity index (χ1n) is 18.3. The summed E-state index contributed by atoms with van der Waals surface area (Å²) in [5.41, 5.74) is 0. The molecule has 0 aromatic carbocycles. The van der Waals surface area contributed by atoms with Gasteiger partial charge >= 0.3 is 0 Å². The number of nitrogens with one attached hydrogen (secondary N) is 2. The molecule has 40 heavy (non-hydrogen) atoms. The Morgan fingerprint density at radius 3 is 1.30 bits per heavy atom. The van der Waals surface area contributed by atoms with Crippen molar-refractivity contribution >= 4 is 0 Å². The van der Waals surface area contributed by atoms with E-state index in [0.717, 1.165) is 30.5 Å². The van der Waals surface area contributed by atoms with Gasteiger partial charge in [0.15, 0.2) is 0 Å². The quantitative estimate of drug-likeness (QED) is 0.0849. The van der Waals surface area contributed by atoms with E-state index in [-0.39, 0.29) is 0 Å². The van der Waals surface area contributed by atoms with Crippen molar-refractivity contribution in [1.82, 2.24) is 20.4 Å². The number of hydrogen-bond acceptors (Lipinski definition) is 4. The molecule has 4 nitrogen and oxygen atoms in total. The fourth-order valence-corrected chi connectivity index (χ4v) is 6.57. The average molecular weight is 567 g/mol. The van der Waals surface area contributed by atoms with Gasteiger partial charge in [-0.25, -0.2) is 0 Å². The van der Waals surface area contributed by atoms with Crippen LogP contribution in [-0.4, -0.2) is 73.7 Å². The molecule has 0 radical (unpaired) electrons. The van der Waals surface area contributed by atoms with Gasteiger partial charge in [-0.3, -0.25) is 0 Å². The largest absolute Gasteiger partial charge is 0.317 e. The molecule has 4 heteroatoms. The first-order valence-corrected chi connectivity index (χ1v) is 18.3. The smallest absolute Gasteiger partial charge is 0.0119 e. The van der Waals surface area contributed by atoms with Crippen LogP contribution in [-0.2, 0) is 0 Å². The highest BCUT2D eigenvalue weighted by Gasteiger charge is 2.23. The highest BCUT2D eigenvalue weighted by molar-refractivity contribution is 4.78.